The molecule has 0 saturated carbocycles. The average molecular weight is 216 g/mol. The van der Waals surface area contributed by atoms with Gasteiger partial charge in [0.25, 0.3) is 0 Å². The van der Waals surface area contributed by atoms with E-state index in [0.717, 1.165) is 12.1 Å². The van der Waals surface area contributed by atoms with Crippen LogP contribution in [0.3, 0.4) is 0 Å². The van der Waals surface area contributed by atoms with Gasteiger partial charge in [0, 0.05) is 12.1 Å². The van der Waals surface area contributed by atoms with Crippen molar-refractivity contribution in [2.24, 2.45) is 0 Å². The number of hydrogen-bond donors (Lipinski definition) is 1. The molecule has 6 heteroatoms. The standard InChI is InChI=1S/C9H10BF3NO/c1-2-9(15)14-8-5-3-4-7(6-8)10(11,12)13/h3-6H,2H2,1H3,(H,14,15)/q-1. The van der Waals surface area contributed by atoms with Crippen LogP contribution >= 0.6 is 0 Å². The summed E-state index contributed by atoms with van der Waals surface area (Å²) >= 11 is 0. The quantitative estimate of drug-likeness (QED) is 0.770. The van der Waals surface area contributed by atoms with Crippen LogP contribution in [0, 0.1) is 0 Å². The molecule has 0 atom stereocenters. The van der Waals surface area contributed by atoms with Gasteiger partial charge in [-0.1, -0.05) is 25.1 Å². The Bertz CT molecular complexity index is 365. The first-order valence-electron chi connectivity index (χ1n) is 4.53. The van der Waals surface area contributed by atoms with Gasteiger partial charge < -0.3 is 18.3 Å². The van der Waals surface area contributed by atoms with E-state index in [0.29, 0.717) is 0 Å². The molecule has 0 aliphatic rings. The molecular formula is C9H10BF3NO-. The summed E-state index contributed by atoms with van der Waals surface area (Å²) in [6.07, 6.45) is 0.237. The fourth-order valence-corrected chi connectivity index (χ4v) is 1.07. The molecule has 0 spiro atoms. The molecule has 0 bridgehead atoms. The SMILES string of the molecule is CCC(=O)Nc1cccc([B-](F)(F)F)c1. The van der Waals surface area contributed by atoms with E-state index in [1.807, 2.05) is 0 Å². The normalized spacial score (nSPS) is 11.2. The number of hydrogen-bond acceptors (Lipinski definition) is 1. The molecule has 0 fully saturated rings. The van der Waals surface area contributed by atoms with Crippen LogP contribution in [0.15, 0.2) is 24.3 Å². The topological polar surface area (TPSA) is 29.1 Å². The second kappa shape index (κ2) is 4.38. The zero-order valence-electron chi connectivity index (χ0n) is 8.14. The first kappa shape index (κ1) is 11.6. The van der Waals surface area contributed by atoms with Crippen molar-refractivity contribution in [2.45, 2.75) is 13.3 Å². The van der Waals surface area contributed by atoms with Crippen LogP contribution in [0.2, 0.25) is 0 Å². The maximum Gasteiger partial charge on any atom is 0.509 e. The van der Waals surface area contributed by atoms with Crippen molar-refractivity contribution in [1.82, 2.24) is 0 Å². The van der Waals surface area contributed by atoms with E-state index in [2.05, 4.69) is 5.32 Å². The lowest BCUT2D eigenvalue weighted by Crippen LogP contribution is -2.34. The molecule has 1 N–H and O–H groups in total. The van der Waals surface area contributed by atoms with E-state index >= 15 is 0 Å². The fourth-order valence-electron chi connectivity index (χ4n) is 1.07. The van der Waals surface area contributed by atoms with Gasteiger partial charge >= 0.3 is 6.98 Å². The maximum atomic E-state index is 12.3. The van der Waals surface area contributed by atoms with E-state index in [1.54, 1.807) is 6.92 Å². The molecule has 82 valence electrons. The van der Waals surface area contributed by atoms with Crippen LogP contribution in [0.1, 0.15) is 13.3 Å². The third-order valence-corrected chi connectivity index (χ3v) is 1.87. The predicted molar refractivity (Wildman–Crippen MR) is 54.1 cm³/mol. The number of amides is 1. The summed E-state index contributed by atoms with van der Waals surface area (Å²) in [6, 6.07) is 4.63. The van der Waals surface area contributed by atoms with E-state index < -0.39 is 12.4 Å². The summed E-state index contributed by atoms with van der Waals surface area (Å²) < 4.78 is 37.0. The molecule has 0 aromatic heterocycles. The van der Waals surface area contributed by atoms with Crippen LogP contribution < -0.4 is 10.8 Å². The van der Waals surface area contributed by atoms with Gasteiger partial charge in [0.1, 0.15) is 0 Å². The molecule has 1 aromatic rings. The lowest BCUT2D eigenvalue weighted by Gasteiger charge is -2.15. The fraction of sp³-hybridized carbons (Fsp3) is 0.222. The van der Waals surface area contributed by atoms with Crippen molar-refractivity contribution < 1.29 is 17.7 Å². The lowest BCUT2D eigenvalue weighted by atomic mass is 9.80. The summed E-state index contributed by atoms with van der Waals surface area (Å²) in [4.78, 5) is 11.0. The second-order valence-electron chi connectivity index (χ2n) is 3.10. The molecule has 1 aromatic carbocycles. The Kier molecular flexibility index (Phi) is 3.39. The Morgan fingerprint density at radius 2 is 2.07 bits per heavy atom. The molecule has 0 unspecified atom stereocenters. The second-order valence-corrected chi connectivity index (χ2v) is 3.10. The van der Waals surface area contributed by atoms with E-state index in [9.17, 15) is 17.7 Å². The van der Waals surface area contributed by atoms with Gasteiger partial charge in [-0.3, -0.25) is 4.79 Å². The first-order valence-corrected chi connectivity index (χ1v) is 4.53. The predicted octanol–water partition coefficient (Wildman–Crippen LogP) is 2.09. The van der Waals surface area contributed by atoms with Gasteiger partial charge in [-0.15, -0.1) is 5.46 Å². The summed E-state index contributed by atoms with van der Waals surface area (Å²) in [6.45, 7) is -3.38. The summed E-state index contributed by atoms with van der Waals surface area (Å²) in [7, 11) is 0. The van der Waals surface area contributed by atoms with Gasteiger partial charge in [0.05, 0.1) is 0 Å². The lowest BCUT2D eigenvalue weighted by molar-refractivity contribution is -0.115. The molecule has 1 amide bonds. The monoisotopic (exact) mass is 216 g/mol. The molecule has 0 radical (unpaired) electrons. The number of benzene rings is 1. The summed E-state index contributed by atoms with van der Waals surface area (Å²) in [5, 5.41) is 2.38. The maximum absolute atomic E-state index is 12.3. The van der Waals surface area contributed by atoms with Crippen molar-refractivity contribution in [1.29, 1.82) is 0 Å². The zero-order valence-corrected chi connectivity index (χ0v) is 8.14. The molecular weight excluding hydrogens is 206 g/mol. The molecule has 1 rings (SSSR count). The Labute approximate surface area is 85.5 Å². The van der Waals surface area contributed by atoms with E-state index in [4.69, 9.17) is 0 Å². The van der Waals surface area contributed by atoms with Crippen LogP contribution in [0.25, 0.3) is 0 Å². The molecule has 0 heterocycles. The largest absolute Gasteiger partial charge is 0.509 e. The van der Waals surface area contributed by atoms with Crippen LogP contribution in [-0.2, 0) is 4.79 Å². The van der Waals surface area contributed by atoms with Crippen LogP contribution in [-0.4, -0.2) is 12.9 Å². The highest BCUT2D eigenvalue weighted by molar-refractivity contribution is 6.73. The smallest absolute Gasteiger partial charge is 0.445 e. The zero-order chi connectivity index (χ0) is 11.5. The number of nitrogens with one attached hydrogen (secondary N) is 1. The van der Waals surface area contributed by atoms with Crippen LogP contribution in [0.4, 0.5) is 18.6 Å². The minimum atomic E-state index is -5.01. The highest BCUT2D eigenvalue weighted by atomic mass is 19.4. The Morgan fingerprint density at radius 1 is 1.40 bits per heavy atom. The highest BCUT2D eigenvalue weighted by Gasteiger charge is 2.25. The van der Waals surface area contributed by atoms with Gasteiger partial charge in [-0.25, -0.2) is 0 Å². The molecule has 0 aliphatic carbocycles. The number of anilines is 1. The van der Waals surface area contributed by atoms with Crippen molar-refractivity contribution in [3.8, 4) is 0 Å². The molecule has 0 aliphatic heterocycles. The first-order chi connectivity index (χ1) is 6.93. The number of carbonyl (C=O) groups is 1. The third-order valence-electron chi connectivity index (χ3n) is 1.87. The molecule has 15 heavy (non-hydrogen) atoms. The molecule has 2 nitrogen and oxygen atoms in total. The van der Waals surface area contributed by atoms with Crippen molar-refractivity contribution in [3.63, 3.8) is 0 Å². The summed E-state index contributed by atoms with van der Waals surface area (Å²) in [5.74, 6) is -0.304. The Hall–Kier alpha value is -1.46. The highest BCUT2D eigenvalue weighted by Crippen LogP contribution is 2.12. The minimum Gasteiger partial charge on any atom is -0.445 e. The summed E-state index contributed by atoms with van der Waals surface area (Å²) in [5.41, 5.74) is -0.526. The van der Waals surface area contributed by atoms with E-state index in [-0.39, 0.29) is 18.0 Å². The van der Waals surface area contributed by atoms with Crippen LogP contribution in [0.5, 0.6) is 0 Å². The number of halogens is 3. The number of rotatable bonds is 3. The van der Waals surface area contributed by atoms with E-state index in [1.165, 1.54) is 12.1 Å². The van der Waals surface area contributed by atoms with Crippen molar-refractivity contribution in [3.05, 3.63) is 24.3 Å². The molecule has 0 saturated heterocycles. The number of carbonyl (C=O) groups excluding carboxylic acids is 1. The minimum absolute atomic E-state index is 0.179. The van der Waals surface area contributed by atoms with Crippen molar-refractivity contribution in [2.75, 3.05) is 5.32 Å². The third kappa shape index (κ3) is 3.30. The van der Waals surface area contributed by atoms with Gasteiger partial charge in [0.15, 0.2) is 0 Å². The van der Waals surface area contributed by atoms with Crippen molar-refractivity contribution >= 4 is 24.0 Å². The van der Waals surface area contributed by atoms with Gasteiger partial charge in [-0.05, 0) is 6.07 Å². The van der Waals surface area contributed by atoms with Gasteiger partial charge in [0.2, 0.25) is 5.91 Å². The Balaban J connectivity index is 2.88. The average Bonchev–Trinajstić information content (AvgIpc) is 2.17. The Morgan fingerprint density at radius 3 is 2.60 bits per heavy atom. The van der Waals surface area contributed by atoms with Gasteiger partial charge in [-0.2, -0.15) is 0 Å².